The summed E-state index contributed by atoms with van der Waals surface area (Å²) in [5, 5.41) is 3.23. The number of nitrogens with one attached hydrogen (secondary N) is 1. The second kappa shape index (κ2) is 9.20. The molecule has 0 unspecified atom stereocenters. The average molecular weight is 261 g/mol. The summed E-state index contributed by atoms with van der Waals surface area (Å²) in [4.78, 5) is 11.1. The van der Waals surface area contributed by atoms with Crippen LogP contribution in [0.5, 0.6) is 0 Å². The summed E-state index contributed by atoms with van der Waals surface area (Å²) in [6.45, 7) is 5.03. The summed E-state index contributed by atoms with van der Waals surface area (Å²) < 4.78 is 4.79. The largest absolute Gasteiger partial charge is 0.463 e. The Morgan fingerprint density at radius 2 is 2.00 bits per heavy atom. The number of benzene rings is 1. The highest BCUT2D eigenvalue weighted by molar-refractivity contribution is 5.81. The van der Waals surface area contributed by atoms with Crippen molar-refractivity contribution in [1.82, 2.24) is 0 Å². The Morgan fingerprint density at radius 3 is 2.63 bits per heavy atom. The fraction of sp³-hybridized carbons (Fsp3) is 0.438. The molecule has 3 nitrogen and oxygen atoms in total. The van der Waals surface area contributed by atoms with Crippen LogP contribution in [0.1, 0.15) is 32.3 Å². The summed E-state index contributed by atoms with van der Waals surface area (Å²) in [7, 11) is 0. The topological polar surface area (TPSA) is 38.3 Å². The van der Waals surface area contributed by atoms with E-state index in [9.17, 15) is 4.79 Å². The van der Waals surface area contributed by atoms with Crippen LogP contribution in [0, 0.1) is 0 Å². The molecule has 0 radical (unpaired) electrons. The number of hydrogen-bond acceptors (Lipinski definition) is 3. The van der Waals surface area contributed by atoms with Crippen LogP contribution in [-0.4, -0.2) is 19.1 Å². The van der Waals surface area contributed by atoms with Gasteiger partial charge in [-0.1, -0.05) is 31.6 Å². The molecule has 0 aliphatic carbocycles. The first-order chi connectivity index (χ1) is 9.26. The van der Waals surface area contributed by atoms with Gasteiger partial charge in [0.1, 0.15) is 0 Å². The third kappa shape index (κ3) is 6.65. The lowest BCUT2D eigenvalue weighted by Gasteiger charge is -2.05. The molecule has 1 aromatic carbocycles. The Bertz CT molecular complexity index is 396. The molecule has 0 bridgehead atoms. The van der Waals surface area contributed by atoms with Crippen molar-refractivity contribution in [1.29, 1.82) is 0 Å². The molecule has 0 amide bonds. The van der Waals surface area contributed by atoms with E-state index in [1.54, 1.807) is 13.0 Å². The number of ether oxygens (including phenoxy) is 1. The smallest absolute Gasteiger partial charge is 0.330 e. The lowest BCUT2D eigenvalue weighted by atomic mass is 10.1. The summed E-state index contributed by atoms with van der Waals surface area (Å²) in [6.07, 6.45) is 6.81. The average Bonchev–Trinajstić information content (AvgIpc) is 2.43. The molecule has 1 aromatic rings. The zero-order valence-electron chi connectivity index (χ0n) is 11.8. The highest BCUT2D eigenvalue weighted by atomic mass is 16.5. The van der Waals surface area contributed by atoms with Crippen molar-refractivity contribution in [3.05, 3.63) is 42.0 Å². The van der Waals surface area contributed by atoms with Crippen molar-refractivity contribution in [3.8, 4) is 0 Å². The van der Waals surface area contributed by atoms with Gasteiger partial charge in [-0.05, 0) is 37.5 Å². The summed E-state index contributed by atoms with van der Waals surface area (Å²) in [6, 6.07) is 8.44. The predicted octanol–water partition coefficient (Wildman–Crippen LogP) is 3.56. The lowest BCUT2D eigenvalue weighted by Crippen LogP contribution is -2.02. The Balaban J connectivity index is 2.31. The summed E-state index contributed by atoms with van der Waals surface area (Å²) in [5.74, 6) is -0.292. The van der Waals surface area contributed by atoms with Gasteiger partial charge in [0, 0.05) is 18.3 Å². The number of rotatable bonds is 8. The van der Waals surface area contributed by atoms with Gasteiger partial charge in [-0.15, -0.1) is 0 Å². The van der Waals surface area contributed by atoms with E-state index in [0.717, 1.165) is 12.1 Å². The van der Waals surface area contributed by atoms with Crippen LogP contribution in [0.2, 0.25) is 0 Å². The van der Waals surface area contributed by atoms with Gasteiger partial charge in [0.15, 0.2) is 0 Å². The second-order valence-electron chi connectivity index (χ2n) is 4.34. The van der Waals surface area contributed by atoms with Crippen molar-refractivity contribution in [2.24, 2.45) is 0 Å². The van der Waals surface area contributed by atoms with Crippen molar-refractivity contribution in [2.75, 3.05) is 18.5 Å². The Kier molecular flexibility index (Phi) is 7.40. The standard InChI is InChI=1S/C16H23NO2/c1-3-5-7-14-9-11-15(12-10-14)17-13-6-8-16(18)19-4-2/h6,8-12,17H,3-5,7,13H2,1-2H3/b8-6+. The second-order valence-corrected chi connectivity index (χ2v) is 4.34. The molecular formula is C16H23NO2. The van der Waals surface area contributed by atoms with Gasteiger partial charge in [-0.2, -0.15) is 0 Å². The van der Waals surface area contributed by atoms with Crippen LogP contribution in [0.15, 0.2) is 36.4 Å². The van der Waals surface area contributed by atoms with Gasteiger partial charge in [0.05, 0.1) is 6.61 Å². The van der Waals surface area contributed by atoms with Gasteiger partial charge < -0.3 is 10.1 Å². The molecule has 104 valence electrons. The fourth-order valence-electron chi connectivity index (χ4n) is 1.69. The maximum atomic E-state index is 11.1. The van der Waals surface area contributed by atoms with E-state index >= 15 is 0 Å². The minimum absolute atomic E-state index is 0.292. The maximum absolute atomic E-state index is 11.1. The van der Waals surface area contributed by atoms with Gasteiger partial charge >= 0.3 is 5.97 Å². The number of anilines is 1. The van der Waals surface area contributed by atoms with Crippen LogP contribution in [0.4, 0.5) is 5.69 Å². The molecule has 0 aliphatic rings. The Labute approximate surface area is 115 Å². The van der Waals surface area contributed by atoms with Crippen molar-refractivity contribution < 1.29 is 9.53 Å². The minimum Gasteiger partial charge on any atom is -0.463 e. The lowest BCUT2D eigenvalue weighted by molar-refractivity contribution is -0.137. The van der Waals surface area contributed by atoms with E-state index in [1.165, 1.54) is 24.5 Å². The van der Waals surface area contributed by atoms with E-state index in [1.807, 2.05) is 0 Å². The minimum atomic E-state index is -0.292. The van der Waals surface area contributed by atoms with Crippen molar-refractivity contribution >= 4 is 11.7 Å². The molecule has 1 N–H and O–H groups in total. The van der Waals surface area contributed by atoms with E-state index in [4.69, 9.17) is 4.74 Å². The number of esters is 1. The molecule has 3 heteroatoms. The molecule has 0 saturated carbocycles. The van der Waals surface area contributed by atoms with Crippen molar-refractivity contribution in [2.45, 2.75) is 33.1 Å². The Morgan fingerprint density at radius 1 is 1.26 bits per heavy atom. The summed E-state index contributed by atoms with van der Waals surface area (Å²) >= 11 is 0. The van der Waals surface area contributed by atoms with E-state index < -0.39 is 0 Å². The van der Waals surface area contributed by atoms with Crippen LogP contribution < -0.4 is 5.32 Å². The van der Waals surface area contributed by atoms with E-state index in [-0.39, 0.29) is 5.97 Å². The number of unbranched alkanes of at least 4 members (excludes halogenated alkanes) is 1. The van der Waals surface area contributed by atoms with Gasteiger partial charge in [-0.25, -0.2) is 4.79 Å². The van der Waals surface area contributed by atoms with Crippen LogP contribution >= 0.6 is 0 Å². The molecule has 0 heterocycles. The molecule has 0 fully saturated rings. The third-order valence-corrected chi connectivity index (χ3v) is 2.74. The monoisotopic (exact) mass is 261 g/mol. The first-order valence-corrected chi connectivity index (χ1v) is 6.92. The van der Waals surface area contributed by atoms with Crippen LogP contribution in [0.3, 0.4) is 0 Å². The number of aryl methyl sites for hydroxylation is 1. The molecule has 19 heavy (non-hydrogen) atoms. The zero-order chi connectivity index (χ0) is 13.9. The molecule has 1 rings (SSSR count). The van der Waals surface area contributed by atoms with E-state index in [2.05, 4.69) is 36.5 Å². The fourth-order valence-corrected chi connectivity index (χ4v) is 1.69. The maximum Gasteiger partial charge on any atom is 0.330 e. The third-order valence-electron chi connectivity index (χ3n) is 2.74. The first-order valence-electron chi connectivity index (χ1n) is 6.92. The highest BCUT2D eigenvalue weighted by Crippen LogP contribution is 2.11. The van der Waals surface area contributed by atoms with Gasteiger partial charge in [0.25, 0.3) is 0 Å². The van der Waals surface area contributed by atoms with Gasteiger partial charge in [0.2, 0.25) is 0 Å². The summed E-state index contributed by atoms with van der Waals surface area (Å²) in [5.41, 5.74) is 2.43. The van der Waals surface area contributed by atoms with Crippen molar-refractivity contribution in [3.63, 3.8) is 0 Å². The zero-order valence-corrected chi connectivity index (χ0v) is 11.8. The normalized spacial score (nSPS) is 10.6. The molecule has 0 spiro atoms. The highest BCUT2D eigenvalue weighted by Gasteiger charge is 1.94. The number of carbonyl (C=O) groups excluding carboxylic acids is 1. The van der Waals surface area contributed by atoms with Crippen LogP contribution in [-0.2, 0) is 16.0 Å². The molecule has 0 aliphatic heterocycles. The quantitative estimate of drug-likeness (QED) is 0.574. The Hall–Kier alpha value is -1.77. The predicted molar refractivity (Wildman–Crippen MR) is 79.3 cm³/mol. The molecule has 0 saturated heterocycles. The molecular weight excluding hydrogens is 238 g/mol. The SMILES string of the molecule is CCCCc1ccc(NC/C=C/C(=O)OCC)cc1. The number of hydrogen-bond donors (Lipinski definition) is 1. The number of carbonyl (C=O) groups is 1. The molecule has 0 aromatic heterocycles. The molecule has 0 atom stereocenters. The first kappa shape index (κ1) is 15.3. The van der Waals surface area contributed by atoms with E-state index in [0.29, 0.717) is 13.2 Å². The van der Waals surface area contributed by atoms with Crippen LogP contribution in [0.25, 0.3) is 0 Å². The van der Waals surface area contributed by atoms with Gasteiger partial charge in [-0.3, -0.25) is 0 Å².